The van der Waals surface area contributed by atoms with Gasteiger partial charge in [0.05, 0.1) is 18.4 Å². The Labute approximate surface area is 198 Å². The van der Waals surface area contributed by atoms with Gasteiger partial charge in [0.2, 0.25) is 10.0 Å². The van der Waals surface area contributed by atoms with Crippen LogP contribution in [0, 0.1) is 0 Å². The van der Waals surface area contributed by atoms with Crippen LogP contribution in [0.2, 0.25) is 0 Å². The van der Waals surface area contributed by atoms with Gasteiger partial charge in [-0.25, -0.2) is 23.3 Å². The summed E-state index contributed by atoms with van der Waals surface area (Å²) >= 11 is 1.11. The number of carbonyl (C=O) groups excluding carboxylic acids is 1. The Morgan fingerprint density at radius 1 is 1.15 bits per heavy atom. The van der Waals surface area contributed by atoms with E-state index in [0.29, 0.717) is 5.56 Å². The summed E-state index contributed by atoms with van der Waals surface area (Å²) in [6.45, 7) is -0.171. The molecule has 4 rings (SSSR count). The number of nitrogens with zero attached hydrogens (tertiary/aromatic N) is 4. The Morgan fingerprint density at radius 2 is 1.94 bits per heavy atom. The Hall–Kier alpha value is -3.91. The molecule has 4 N–H and O–H groups in total. The summed E-state index contributed by atoms with van der Waals surface area (Å²) < 4.78 is 29.1. The topological polar surface area (TPSA) is 159 Å². The minimum atomic E-state index is -3.82. The minimum absolute atomic E-state index is 0.0546. The summed E-state index contributed by atoms with van der Waals surface area (Å²) in [6, 6.07) is 12.8. The van der Waals surface area contributed by atoms with Gasteiger partial charge in [0, 0.05) is 22.8 Å². The molecule has 0 fully saturated rings. The highest BCUT2D eigenvalue weighted by Gasteiger charge is 2.19. The first-order valence-electron chi connectivity index (χ1n) is 9.72. The van der Waals surface area contributed by atoms with Gasteiger partial charge >= 0.3 is 0 Å². The molecular weight excluding hydrogens is 480 g/mol. The summed E-state index contributed by atoms with van der Waals surface area (Å²) in [4.78, 5) is 16.9. The maximum absolute atomic E-state index is 12.7. The number of carbonyl (C=O) groups is 1. The third kappa shape index (κ3) is 5.35. The van der Waals surface area contributed by atoms with Crippen LogP contribution in [0.25, 0.3) is 22.2 Å². The number of nitrogens with one attached hydrogen (secondary N) is 2. The normalized spacial score (nSPS) is 12.0. The molecule has 0 aliphatic rings. The monoisotopic (exact) mass is 498 g/mol. The number of phenolic OH excluding ortho intramolecular Hbond substituents is 1. The zero-order valence-corrected chi connectivity index (χ0v) is 19.0. The van der Waals surface area contributed by atoms with E-state index in [1.165, 1.54) is 36.0 Å². The Bertz CT molecular complexity index is 1430. The van der Waals surface area contributed by atoms with Crippen molar-refractivity contribution >= 4 is 39.0 Å². The molecule has 0 spiro atoms. The van der Waals surface area contributed by atoms with E-state index >= 15 is 0 Å². The van der Waals surface area contributed by atoms with E-state index in [2.05, 4.69) is 20.0 Å². The summed E-state index contributed by atoms with van der Waals surface area (Å²) in [7, 11) is -3.82. The van der Waals surface area contributed by atoms with Gasteiger partial charge in [-0.15, -0.1) is 16.4 Å². The molecule has 11 nitrogen and oxygen atoms in total. The SMILES string of the molecule is O=C(NO)C(=Cc1ccc(O)cc1)n1cc(CNS(=O)(=O)c2ccc(-c3cccnc3)s2)nn1. The Morgan fingerprint density at radius 3 is 2.65 bits per heavy atom. The van der Waals surface area contributed by atoms with Crippen molar-refractivity contribution in [2.45, 2.75) is 10.8 Å². The van der Waals surface area contributed by atoms with Crippen molar-refractivity contribution in [1.82, 2.24) is 30.2 Å². The van der Waals surface area contributed by atoms with Crippen molar-refractivity contribution in [3.05, 3.63) is 78.4 Å². The molecular formula is C21H18N6O5S2. The number of rotatable bonds is 8. The molecule has 13 heteroatoms. The van der Waals surface area contributed by atoms with Crippen molar-refractivity contribution in [2.24, 2.45) is 0 Å². The third-order valence-corrected chi connectivity index (χ3v) is 7.58. The molecule has 3 heterocycles. The highest BCUT2D eigenvalue weighted by atomic mass is 32.2. The van der Waals surface area contributed by atoms with Gasteiger partial charge in [0.25, 0.3) is 5.91 Å². The van der Waals surface area contributed by atoms with Gasteiger partial charge in [0.15, 0.2) is 0 Å². The first kappa shape index (κ1) is 23.3. The van der Waals surface area contributed by atoms with E-state index < -0.39 is 15.9 Å². The first-order valence-corrected chi connectivity index (χ1v) is 12.0. The van der Waals surface area contributed by atoms with Gasteiger partial charge in [-0.2, -0.15) is 0 Å². The van der Waals surface area contributed by atoms with Crippen LogP contribution < -0.4 is 10.2 Å². The number of thiophene rings is 1. The number of aromatic nitrogens is 4. The number of hydroxylamine groups is 1. The molecule has 34 heavy (non-hydrogen) atoms. The fraction of sp³-hybridized carbons (Fsp3) is 0.0476. The number of amides is 1. The number of hydrogen-bond donors (Lipinski definition) is 4. The van der Waals surface area contributed by atoms with Crippen molar-refractivity contribution in [1.29, 1.82) is 0 Å². The molecule has 1 aromatic carbocycles. The average Bonchev–Trinajstić information content (AvgIpc) is 3.53. The lowest BCUT2D eigenvalue weighted by Gasteiger charge is -2.05. The zero-order chi connectivity index (χ0) is 24.1. The average molecular weight is 499 g/mol. The third-order valence-electron chi connectivity index (χ3n) is 4.55. The highest BCUT2D eigenvalue weighted by molar-refractivity contribution is 7.91. The molecule has 0 bridgehead atoms. The fourth-order valence-corrected chi connectivity index (χ4v) is 5.23. The molecule has 0 aliphatic heterocycles. The predicted octanol–water partition coefficient (Wildman–Crippen LogP) is 2.09. The lowest BCUT2D eigenvalue weighted by molar-refractivity contribution is -0.123. The molecule has 1 amide bonds. The fourth-order valence-electron chi connectivity index (χ4n) is 2.89. The maximum atomic E-state index is 12.7. The highest BCUT2D eigenvalue weighted by Crippen LogP contribution is 2.30. The van der Waals surface area contributed by atoms with E-state index in [-0.39, 0.29) is 27.9 Å². The molecule has 4 aromatic rings. The standard InChI is InChI=1S/C21H18N6O5S2/c28-17-5-3-14(4-6-17)10-18(21(29)25-30)27-13-16(24-26-27)12-23-34(31,32)20-8-7-19(33-20)15-2-1-9-22-11-15/h1-11,13,23,28,30H,12H2,(H,25,29). The van der Waals surface area contributed by atoms with Crippen molar-refractivity contribution < 1.29 is 23.5 Å². The first-order chi connectivity index (χ1) is 16.4. The number of sulfonamides is 1. The van der Waals surface area contributed by atoms with Crippen molar-refractivity contribution in [2.75, 3.05) is 0 Å². The van der Waals surface area contributed by atoms with E-state index in [0.717, 1.165) is 26.5 Å². The molecule has 0 radical (unpaired) electrons. The molecule has 0 atom stereocenters. The van der Waals surface area contributed by atoms with Crippen LogP contribution >= 0.6 is 11.3 Å². The predicted molar refractivity (Wildman–Crippen MR) is 124 cm³/mol. The summed E-state index contributed by atoms with van der Waals surface area (Å²) in [5.74, 6) is -0.800. The van der Waals surface area contributed by atoms with Crippen LogP contribution in [0.3, 0.4) is 0 Å². The van der Waals surface area contributed by atoms with Gasteiger partial charge in [-0.05, 0) is 42.0 Å². The number of phenols is 1. The quantitative estimate of drug-likeness (QED) is 0.163. The van der Waals surface area contributed by atoms with Crippen LogP contribution in [0.5, 0.6) is 5.75 Å². The second-order valence-electron chi connectivity index (χ2n) is 6.90. The summed E-state index contributed by atoms with van der Waals surface area (Å²) in [6.07, 6.45) is 6.07. The van der Waals surface area contributed by atoms with Crippen LogP contribution in [-0.2, 0) is 21.4 Å². The summed E-state index contributed by atoms with van der Waals surface area (Å²) in [5.41, 5.74) is 3.07. The Kier molecular flexibility index (Phi) is 6.79. The maximum Gasteiger partial charge on any atom is 0.293 e. The largest absolute Gasteiger partial charge is 0.508 e. The van der Waals surface area contributed by atoms with Crippen molar-refractivity contribution in [3.8, 4) is 16.2 Å². The molecule has 0 saturated carbocycles. The lowest BCUT2D eigenvalue weighted by atomic mass is 10.2. The van der Waals surface area contributed by atoms with Crippen LogP contribution in [-0.4, -0.2) is 44.6 Å². The van der Waals surface area contributed by atoms with Crippen LogP contribution in [0.15, 0.2) is 71.3 Å². The molecule has 0 unspecified atom stereocenters. The zero-order valence-electron chi connectivity index (χ0n) is 17.4. The number of hydrogen-bond acceptors (Lipinski definition) is 9. The van der Waals surface area contributed by atoms with E-state index in [4.69, 9.17) is 5.21 Å². The van der Waals surface area contributed by atoms with E-state index in [1.54, 1.807) is 36.7 Å². The second-order valence-corrected chi connectivity index (χ2v) is 9.98. The Balaban J connectivity index is 1.50. The van der Waals surface area contributed by atoms with Crippen LogP contribution in [0.1, 0.15) is 11.3 Å². The van der Waals surface area contributed by atoms with Crippen LogP contribution in [0.4, 0.5) is 0 Å². The molecule has 3 aromatic heterocycles. The van der Waals surface area contributed by atoms with Crippen molar-refractivity contribution in [3.63, 3.8) is 0 Å². The second kappa shape index (κ2) is 9.93. The number of aromatic hydroxyl groups is 1. The van der Waals surface area contributed by atoms with Gasteiger partial charge < -0.3 is 5.11 Å². The minimum Gasteiger partial charge on any atom is -0.508 e. The van der Waals surface area contributed by atoms with E-state index in [9.17, 15) is 18.3 Å². The van der Waals surface area contributed by atoms with Gasteiger partial charge in [-0.1, -0.05) is 23.4 Å². The number of pyridine rings is 1. The molecule has 0 aliphatic carbocycles. The number of benzene rings is 1. The smallest absolute Gasteiger partial charge is 0.293 e. The van der Waals surface area contributed by atoms with Gasteiger partial charge in [0.1, 0.15) is 15.7 Å². The lowest BCUT2D eigenvalue weighted by Crippen LogP contribution is -2.23. The van der Waals surface area contributed by atoms with Gasteiger partial charge in [-0.3, -0.25) is 15.0 Å². The molecule has 174 valence electrons. The van der Waals surface area contributed by atoms with E-state index in [1.807, 2.05) is 6.07 Å². The molecule has 0 saturated heterocycles. The summed E-state index contributed by atoms with van der Waals surface area (Å²) in [5, 5.41) is 26.2.